The monoisotopic (exact) mass is 388 g/mol. The van der Waals surface area contributed by atoms with E-state index in [1.165, 1.54) is 0 Å². The van der Waals surface area contributed by atoms with Gasteiger partial charge in [0.05, 0.1) is 7.11 Å². The molecule has 0 heterocycles. The van der Waals surface area contributed by atoms with E-state index in [0.717, 1.165) is 19.3 Å². The van der Waals surface area contributed by atoms with Crippen molar-refractivity contribution in [3.63, 3.8) is 0 Å². The van der Waals surface area contributed by atoms with Gasteiger partial charge < -0.3 is 9.84 Å². The molecule has 0 aliphatic heterocycles. The van der Waals surface area contributed by atoms with Gasteiger partial charge in [0.2, 0.25) is 4.87 Å². The van der Waals surface area contributed by atoms with E-state index in [4.69, 9.17) is 69.6 Å². The smallest absolute Gasteiger partial charge is 0.333 e. The highest BCUT2D eigenvalue weighted by molar-refractivity contribution is 6.69. The first kappa shape index (κ1) is 17.5. The van der Waals surface area contributed by atoms with Crippen molar-refractivity contribution in [1.29, 1.82) is 0 Å². The fourth-order valence-corrected chi connectivity index (χ4v) is 3.38. The van der Waals surface area contributed by atoms with Gasteiger partial charge in [0.1, 0.15) is 0 Å². The molecule has 0 spiro atoms. The lowest BCUT2D eigenvalue weighted by molar-refractivity contribution is -0.151. The molecule has 108 valence electrons. The van der Waals surface area contributed by atoms with Crippen molar-refractivity contribution >= 4 is 81.5 Å². The van der Waals surface area contributed by atoms with Crippen LogP contribution in [0.2, 0.25) is 0 Å². The van der Waals surface area contributed by atoms with Crippen LogP contribution in [-0.2, 0) is 14.3 Å². The summed E-state index contributed by atoms with van der Waals surface area (Å²) in [4.78, 5) is 18.1. The molecule has 0 amide bonds. The van der Waals surface area contributed by atoms with Crippen molar-refractivity contribution in [2.24, 2.45) is 0 Å². The minimum absolute atomic E-state index is 0.893. The third-order valence-corrected chi connectivity index (χ3v) is 6.62. The van der Waals surface area contributed by atoms with Crippen LogP contribution in [0.5, 0.6) is 0 Å². The Bertz CT molecular complexity index is 462. The molecular formula is C9H6Cl6O4. The summed E-state index contributed by atoms with van der Waals surface area (Å²) in [5.74, 6) is -2.95. The maximum Gasteiger partial charge on any atom is 0.333 e. The van der Waals surface area contributed by atoms with Gasteiger partial charge in [0, 0.05) is 0 Å². The van der Waals surface area contributed by atoms with E-state index in [-0.39, 0.29) is 0 Å². The van der Waals surface area contributed by atoms with Gasteiger partial charge in [-0.3, -0.25) is 4.79 Å². The number of hydrogen-bond acceptors (Lipinski definition) is 3. The number of esters is 1. The van der Waals surface area contributed by atoms with Crippen LogP contribution in [0.4, 0.5) is 0 Å². The van der Waals surface area contributed by atoms with E-state index in [0.29, 0.717) is 0 Å². The summed E-state index contributed by atoms with van der Waals surface area (Å²) >= 11 is 35.4. The average molecular weight is 391 g/mol. The van der Waals surface area contributed by atoms with Gasteiger partial charge in [0.15, 0.2) is 13.5 Å². The van der Waals surface area contributed by atoms with E-state index in [1.807, 2.05) is 0 Å². The van der Waals surface area contributed by atoms with Crippen molar-refractivity contribution in [3.05, 3.63) is 12.2 Å². The van der Waals surface area contributed by atoms with Crippen molar-refractivity contribution < 1.29 is 19.4 Å². The number of ether oxygens (including phenoxy) is 1. The summed E-state index contributed by atoms with van der Waals surface area (Å²) in [6.07, 6.45) is 1.87. The van der Waals surface area contributed by atoms with Crippen LogP contribution in [0, 0.1) is 0 Å². The largest absolute Gasteiger partial charge is 0.480 e. The van der Waals surface area contributed by atoms with Gasteiger partial charge in [-0.05, 0) is 6.08 Å². The molecule has 0 fully saturated rings. The summed E-state index contributed by atoms with van der Waals surface area (Å²) in [7, 11) is 0.993. The molecule has 0 aromatic carbocycles. The molecule has 0 aromatic rings. The molecule has 0 saturated heterocycles. The molecule has 0 saturated carbocycles. The van der Waals surface area contributed by atoms with Crippen LogP contribution in [0.1, 0.15) is 0 Å². The number of aliphatic carboxylic acids is 1. The predicted octanol–water partition coefficient (Wildman–Crippen LogP) is 3.12. The Morgan fingerprint density at radius 1 is 1.05 bits per heavy atom. The van der Waals surface area contributed by atoms with Crippen LogP contribution < -0.4 is 0 Å². The predicted molar refractivity (Wildman–Crippen MR) is 74.8 cm³/mol. The second-order valence-corrected chi connectivity index (χ2v) is 7.57. The molecular weight excluding hydrogens is 385 g/mol. The number of rotatable bonds is 2. The molecule has 1 aliphatic rings. The Balaban J connectivity index is 3.68. The molecule has 19 heavy (non-hydrogen) atoms. The quantitative estimate of drug-likeness (QED) is 0.447. The van der Waals surface area contributed by atoms with E-state index in [1.54, 1.807) is 0 Å². The van der Waals surface area contributed by atoms with Gasteiger partial charge in [-0.25, -0.2) is 4.79 Å². The molecule has 2 unspecified atom stereocenters. The van der Waals surface area contributed by atoms with Crippen molar-refractivity contribution in [2.75, 3.05) is 7.11 Å². The molecule has 10 heteroatoms. The summed E-state index contributed by atoms with van der Waals surface area (Å²) in [6.45, 7) is 0. The first-order chi connectivity index (χ1) is 8.38. The fourth-order valence-electron chi connectivity index (χ4n) is 1.54. The normalized spacial score (nSPS) is 35.7. The van der Waals surface area contributed by atoms with E-state index < -0.39 is 30.4 Å². The summed E-state index contributed by atoms with van der Waals surface area (Å²) in [6, 6.07) is 0. The number of alkyl halides is 6. The standard InChI is InChI=1S/C9H6Cl6O4/c1-19-5(18)6(10)2-3-7(11,12)9(14,15)8(6,13)4(16)17/h2-3H,1H3,(H,16,17). The second kappa shape index (κ2) is 5.00. The zero-order valence-electron chi connectivity index (χ0n) is 9.09. The third kappa shape index (κ3) is 2.12. The van der Waals surface area contributed by atoms with E-state index in [2.05, 4.69) is 4.74 Å². The van der Waals surface area contributed by atoms with E-state index in [9.17, 15) is 14.7 Å². The van der Waals surface area contributed by atoms with Gasteiger partial charge >= 0.3 is 11.9 Å². The van der Waals surface area contributed by atoms with E-state index >= 15 is 0 Å². The van der Waals surface area contributed by atoms with Crippen molar-refractivity contribution in [3.8, 4) is 0 Å². The molecule has 0 aromatic heterocycles. The molecule has 0 radical (unpaired) electrons. The average Bonchev–Trinajstić information content (AvgIpc) is 2.31. The van der Waals surface area contributed by atoms with Crippen LogP contribution in [0.25, 0.3) is 0 Å². The lowest BCUT2D eigenvalue weighted by Crippen LogP contribution is -2.71. The second-order valence-electron chi connectivity index (χ2n) is 3.70. The van der Waals surface area contributed by atoms with Crippen molar-refractivity contribution in [2.45, 2.75) is 18.4 Å². The first-order valence-electron chi connectivity index (χ1n) is 4.54. The highest BCUT2D eigenvalue weighted by Crippen LogP contribution is 2.62. The first-order valence-corrected chi connectivity index (χ1v) is 6.81. The van der Waals surface area contributed by atoms with Crippen LogP contribution in [0.3, 0.4) is 0 Å². The van der Waals surface area contributed by atoms with Crippen LogP contribution in [0.15, 0.2) is 12.2 Å². The van der Waals surface area contributed by atoms with Gasteiger partial charge in [-0.1, -0.05) is 64.1 Å². The summed E-state index contributed by atoms with van der Waals surface area (Å²) in [5, 5.41) is 9.30. The molecule has 0 bridgehead atoms. The summed E-state index contributed by atoms with van der Waals surface area (Å²) in [5.41, 5.74) is 0. The Morgan fingerprint density at radius 3 is 1.89 bits per heavy atom. The molecule has 1 rings (SSSR count). The molecule has 1 aliphatic carbocycles. The minimum atomic E-state index is -2.75. The molecule has 2 atom stereocenters. The highest BCUT2D eigenvalue weighted by Gasteiger charge is 2.77. The summed E-state index contributed by atoms with van der Waals surface area (Å²) < 4.78 is -0.167. The van der Waals surface area contributed by atoms with Gasteiger partial charge in [0.25, 0.3) is 0 Å². The topological polar surface area (TPSA) is 63.6 Å². The Morgan fingerprint density at radius 2 is 1.53 bits per heavy atom. The lowest BCUT2D eigenvalue weighted by atomic mass is 9.80. The Labute approximate surface area is 138 Å². The van der Waals surface area contributed by atoms with Gasteiger partial charge in [-0.15, -0.1) is 11.6 Å². The Kier molecular flexibility index (Phi) is 4.60. The molecule has 4 nitrogen and oxygen atoms in total. The number of hydrogen-bond donors (Lipinski definition) is 1. The molecule has 1 N–H and O–H groups in total. The number of allylic oxidation sites excluding steroid dienone is 1. The van der Waals surface area contributed by atoms with Crippen LogP contribution in [-0.4, -0.2) is 42.6 Å². The van der Waals surface area contributed by atoms with Crippen molar-refractivity contribution in [1.82, 2.24) is 0 Å². The number of carboxylic acid groups (broad SMARTS) is 1. The lowest BCUT2D eigenvalue weighted by Gasteiger charge is -2.49. The SMILES string of the molecule is COC(=O)C1(Cl)C=CC(Cl)(Cl)C(Cl)(Cl)C1(Cl)C(=O)O. The number of carboxylic acids is 1. The third-order valence-electron chi connectivity index (χ3n) is 2.65. The number of halogens is 6. The zero-order valence-corrected chi connectivity index (χ0v) is 13.6. The maximum absolute atomic E-state index is 11.8. The number of carbonyl (C=O) groups excluding carboxylic acids is 1. The minimum Gasteiger partial charge on any atom is -0.480 e. The number of methoxy groups -OCH3 is 1. The Hall–Kier alpha value is 0.420. The van der Waals surface area contributed by atoms with Crippen LogP contribution >= 0.6 is 69.6 Å². The van der Waals surface area contributed by atoms with Gasteiger partial charge in [-0.2, -0.15) is 0 Å². The maximum atomic E-state index is 11.8. The number of carbonyl (C=O) groups is 2. The zero-order chi connectivity index (χ0) is 15.3. The fraction of sp³-hybridized carbons (Fsp3) is 0.556. The highest BCUT2D eigenvalue weighted by atomic mass is 35.5.